The molecule has 1 heterocycles. The van der Waals surface area contributed by atoms with Gasteiger partial charge in [0, 0.05) is 22.7 Å². The van der Waals surface area contributed by atoms with Crippen molar-refractivity contribution in [3.63, 3.8) is 0 Å². The van der Waals surface area contributed by atoms with Crippen LogP contribution in [0.2, 0.25) is 0 Å². The normalized spacial score (nSPS) is 25.6. The van der Waals surface area contributed by atoms with Crippen molar-refractivity contribution < 1.29 is 9.90 Å². The number of hydrogen-bond donors (Lipinski definition) is 1. The third-order valence-corrected chi connectivity index (χ3v) is 3.80. The van der Waals surface area contributed by atoms with Gasteiger partial charge in [-0.3, -0.25) is 9.69 Å². The van der Waals surface area contributed by atoms with E-state index in [9.17, 15) is 9.90 Å². The van der Waals surface area contributed by atoms with Crippen LogP contribution in [-0.2, 0) is 4.79 Å². The molecule has 98 valence electrons. The van der Waals surface area contributed by atoms with Crippen LogP contribution in [0.3, 0.4) is 0 Å². The van der Waals surface area contributed by atoms with Crippen LogP contribution in [0, 0.1) is 0 Å². The molecule has 0 aliphatic carbocycles. The summed E-state index contributed by atoms with van der Waals surface area (Å²) in [6, 6.07) is 7.33. The number of nitrogens with zero attached hydrogens (tertiary/aromatic N) is 2. The molecule has 5 heteroatoms. The molecule has 0 bridgehead atoms. The Hall–Kier alpha value is -0.910. The lowest BCUT2D eigenvalue weighted by Gasteiger charge is -2.42. The van der Waals surface area contributed by atoms with Crippen molar-refractivity contribution in [2.75, 3.05) is 25.1 Å². The van der Waals surface area contributed by atoms with Crippen LogP contribution >= 0.6 is 15.9 Å². The first kappa shape index (κ1) is 13.5. The first-order valence-electron chi connectivity index (χ1n) is 5.94. The minimum atomic E-state index is -0.444. The summed E-state index contributed by atoms with van der Waals surface area (Å²) in [5.74, 6) is -0.0446. The molecule has 0 radical (unpaired) electrons. The molecule has 1 amide bonds. The highest BCUT2D eigenvalue weighted by atomic mass is 79.9. The van der Waals surface area contributed by atoms with E-state index in [1.807, 2.05) is 43.1 Å². The van der Waals surface area contributed by atoms with Crippen LogP contribution in [0.5, 0.6) is 0 Å². The minimum Gasteiger partial charge on any atom is -0.394 e. The van der Waals surface area contributed by atoms with E-state index in [-0.39, 0.29) is 18.6 Å². The molecule has 1 saturated heterocycles. The van der Waals surface area contributed by atoms with Gasteiger partial charge in [0.1, 0.15) is 6.04 Å². The van der Waals surface area contributed by atoms with Gasteiger partial charge in [0.2, 0.25) is 5.91 Å². The largest absolute Gasteiger partial charge is 0.394 e. The zero-order valence-electron chi connectivity index (χ0n) is 10.5. The number of benzene rings is 1. The zero-order chi connectivity index (χ0) is 13.3. The first-order valence-corrected chi connectivity index (χ1v) is 6.73. The van der Waals surface area contributed by atoms with Crippen LogP contribution in [0.15, 0.2) is 28.7 Å². The van der Waals surface area contributed by atoms with Crippen LogP contribution in [0.25, 0.3) is 0 Å². The van der Waals surface area contributed by atoms with Gasteiger partial charge < -0.3 is 10.0 Å². The number of carbonyl (C=O) groups is 1. The number of carbonyl (C=O) groups excluding carboxylic acids is 1. The minimum absolute atomic E-state index is 0.0446. The van der Waals surface area contributed by atoms with Gasteiger partial charge in [-0.15, -0.1) is 0 Å². The number of likely N-dealkylation sites (N-methyl/N-ethyl adjacent to an activating group) is 1. The van der Waals surface area contributed by atoms with E-state index >= 15 is 0 Å². The Morgan fingerprint density at radius 3 is 2.83 bits per heavy atom. The number of aliphatic hydroxyl groups is 1. The Kier molecular flexibility index (Phi) is 4.04. The quantitative estimate of drug-likeness (QED) is 0.899. The monoisotopic (exact) mass is 312 g/mol. The summed E-state index contributed by atoms with van der Waals surface area (Å²) >= 11 is 3.41. The number of halogens is 1. The summed E-state index contributed by atoms with van der Waals surface area (Å²) in [6.45, 7) is 2.62. The Balaban J connectivity index is 2.34. The maximum absolute atomic E-state index is 12.4. The summed E-state index contributed by atoms with van der Waals surface area (Å²) in [7, 11) is 1.87. The van der Waals surface area contributed by atoms with Crippen LogP contribution in [0.1, 0.15) is 6.92 Å². The van der Waals surface area contributed by atoms with E-state index in [1.165, 1.54) is 0 Å². The zero-order valence-corrected chi connectivity index (χ0v) is 12.1. The Morgan fingerprint density at radius 1 is 1.50 bits per heavy atom. The van der Waals surface area contributed by atoms with Crippen LogP contribution in [-0.4, -0.2) is 48.2 Å². The van der Waals surface area contributed by atoms with E-state index in [2.05, 4.69) is 15.9 Å². The molecule has 1 aliphatic heterocycles. The Morgan fingerprint density at radius 2 is 2.22 bits per heavy atom. The molecule has 2 atom stereocenters. The fourth-order valence-electron chi connectivity index (χ4n) is 2.42. The highest BCUT2D eigenvalue weighted by Gasteiger charge is 2.37. The van der Waals surface area contributed by atoms with Gasteiger partial charge in [-0.05, 0) is 32.2 Å². The Bertz CT molecular complexity index is 452. The highest BCUT2D eigenvalue weighted by Crippen LogP contribution is 2.26. The van der Waals surface area contributed by atoms with Gasteiger partial charge >= 0.3 is 0 Å². The van der Waals surface area contributed by atoms with Crippen molar-refractivity contribution >= 4 is 27.5 Å². The Labute approximate surface area is 115 Å². The maximum Gasteiger partial charge on any atom is 0.247 e. The van der Waals surface area contributed by atoms with Crippen LogP contribution in [0.4, 0.5) is 5.69 Å². The fraction of sp³-hybridized carbons (Fsp3) is 0.462. The van der Waals surface area contributed by atoms with Crippen molar-refractivity contribution in [1.29, 1.82) is 0 Å². The smallest absolute Gasteiger partial charge is 0.247 e. The topological polar surface area (TPSA) is 43.8 Å². The summed E-state index contributed by atoms with van der Waals surface area (Å²) in [4.78, 5) is 16.1. The maximum atomic E-state index is 12.4. The SMILES string of the molecule is CC1CN(C)C(CO)C(=O)N1c1cccc(Br)c1. The molecule has 2 rings (SSSR count). The molecule has 1 aromatic carbocycles. The predicted molar refractivity (Wildman–Crippen MR) is 74.6 cm³/mol. The van der Waals surface area contributed by atoms with Crippen molar-refractivity contribution in [3.05, 3.63) is 28.7 Å². The summed E-state index contributed by atoms with van der Waals surface area (Å²) < 4.78 is 0.944. The van der Waals surface area contributed by atoms with Crippen molar-refractivity contribution in [2.45, 2.75) is 19.0 Å². The second kappa shape index (κ2) is 5.38. The molecule has 1 aromatic rings. The fourth-order valence-corrected chi connectivity index (χ4v) is 2.80. The van der Waals surface area contributed by atoms with Crippen molar-refractivity contribution in [2.24, 2.45) is 0 Å². The lowest BCUT2D eigenvalue weighted by molar-refractivity contribution is -0.127. The van der Waals surface area contributed by atoms with E-state index in [4.69, 9.17) is 0 Å². The molecular weight excluding hydrogens is 296 g/mol. The molecule has 1 aliphatic rings. The van der Waals surface area contributed by atoms with E-state index in [0.717, 1.165) is 16.7 Å². The molecular formula is C13H17BrN2O2. The second-order valence-corrected chi connectivity index (χ2v) is 5.59. The number of aliphatic hydroxyl groups excluding tert-OH is 1. The number of piperazine rings is 1. The molecule has 4 nitrogen and oxygen atoms in total. The number of amides is 1. The third kappa shape index (κ3) is 2.43. The molecule has 0 aromatic heterocycles. The van der Waals surface area contributed by atoms with Gasteiger partial charge in [-0.25, -0.2) is 0 Å². The van der Waals surface area contributed by atoms with Gasteiger partial charge in [0.15, 0.2) is 0 Å². The first-order chi connectivity index (χ1) is 8.54. The second-order valence-electron chi connectivity index (χ2n) is 4.68. The van der Waals surface area contributed by atoms with Gasteiger partial charge in [0.25, 0.3) is 0 Å². The number of rotatable bonds is 2. The van der Waals surface area contributed by atoms with Gasteiger partial charge in [-0.1, -0.05) is 22.0 Å². The van der Waals surface area contributed by atoms with Crippen LogP contribution < -0.4 is 4.90 Å². The lowest BCUT2D eigenvalue weighted by atomic mass is 10.1. The molecule has 2 unspecified atom stereocenters. The summed E-state index contributed by atoms with van der Waals surface area (Å²) in [5, 5.41) is 9.34. The number of anilines is 1. The van der Waals surface area contributed by atoms with E-state index in [1.54, 1.807) is 4.90 Å². The van der Waals surface area contributed by atoms with Gasteiger partial charge in [0.05, 0.1) is 6.61 Å². The standard InChI is InChI=1S/C13H17BrN2O2/c1-9-7-15(2)12(8-17)13(18)16(9)11-5-3-4-10(14)6-11/h3-6,9,12,17H,7-8H2,1-2H3. The number of hydrogen-bond acceptors (Lipinski definition) is 3. The molecule has 18 heavy (non-hydrogen) atoms. The average Bonchev–Trinajstić information content (AvgIpc) is 2.28. The third-order valence-electron chi connectivity index (χ3n) is 3.31. The van der Waals surface area contributed by atoms with E-state index in [0.29, 0.717) is 0 Å². The molecule has 1 fully saturated rings. The lowest BCUT2D eigenvalue weighted by Crippen LogP contribution is -2.61. The van der Waals surface area contributed by atoms with Crippen molar-refractivity contribution in [3.8, 4) is 0 Å². The highest BCUT2D eigenvalue weighted by molar-refractivity contribution is 9.10. The molecule has 0 spiro atoms. The predicted octanol–water partition coefficient (Wildman–Crippen LogP) is 1.48. The van der Waals surface area contributed by atoms with E-state index < -0.39 is 6.04 Å². The summed E-state index contributed by atoms with van der Waals surface area (Å²) in [6.07, 6.45) is 0. The van der Waals surface area contributed by atoms with Gasteiger partial charge in [-0.2, -0.15) is 0 Å². The molecule has 1 N–H and O–H groups in total. The molecule has 0 saturated carbocycles. The average molecular weight is 313 g/mol. The van der Waals surface area contributed by atoms with Crippen molar-refractivity contribution in [1.82, 2.24) is 4.90 Å². The summed E-state index contributed by atoms with van der Waals surface area (Å²) in [5.41, 5.74) is 0.869.